The fraction of sp³-hybridized carbons (Fsp3) is 0.238. The van der Waals surface area contributed by atoms with Gasteiger partial charge in [0.1, 0.15) is 23.2 Å². The molecule has 0 aromatic heterocycles. The van der Waals surface area contributed by atoms with Crippen molar-refractivity contribution in [3.63, 3.8) is 0 Å². The number of nitrogens with one attached hydrogen (secondary N) is 2. The molecule has 6 heteroatoms. The molecule has 2 aromatic rings. The predicted octanol–water partition coefficient (Wildman–Crippen LogP) is 4.23. The van der Waals surface area contributed by atoms with Crippen molar-refractivity contribution in [1.82, 2.24) is 5.32 Å². The second-order valence-corrected chi connectivity index (χ2v) is 5.96. The van der Waals surface area contributed by atoms with Gasteiger partial charge in [-0.1, -0.05) is 29.8 Å². The Morgan fingerprint density at radius 3 is 2.74 bits per heavy atom. The van der Waals surface area contributed by atoms with E-state index < -0.39 is 11.7 Å². The number of benzene rings is 2. The van der Waals surface area contributed by atoms with Crippen LogP contribution < -0.4 is 15.4 Å². The summed E-state index contributed by atoms with van der Waals surface area (Å²) in [5.41, 5.74) is 1.88. The van der Waals surface area contributed by atoms with Crippen LogP contribution in [0.3, 0.4) is 0 Å². The third kappa shape index (κ3) is 5.32. The second-order valence-electron chi connectivity index (χ2n) is 5.96. The number of hydrogen-bond donors (Lipinski definition) is 2. The SMILES string of the molecule is CCOc1ccc(C)cc1C(C)NC(=O)/C(C#N)=C\Nc1ccccc1F. The number of ether oxygens (including phenoxy) is 1. The highest BCUT2D eigenvalue weighted by molar-refractivity contribution is 5.97. The largest absolute Gasteiger partial charge is 0.494 e. The number of carbonyl (C=O) groups is 1. The number of anilines is 1. The van der Waals surface area contributed by atoms with Crippen molar-refractivity contribution >= 4 is 11.6 Å². The van der Waals surface area contributed by atoms with Crippen LogP contribution in [0.5, 0.6) is 5.75 Å². The molecule has 1 unspecified atom stereocenters. The Kier molecular flexibility index (Phi) is 6.95. The Bertz CT molecular complexity index is 887. The van der Waals surface area contributed by atoms with E-state index in [4.69, 9.17) is 4.74 Å². The molecule has 0 fully saturated rings. The Labute approximate surface area is 158 Å². The molecule has 0 bridgehead atoms. The minimum atomic E-state index is -0.558. The van der Waals surface area contributed by atoms with Gasteiger partial charge >= 0.3 is 0 Å². The topological polar surface area (TPSA) is 74.1 Å². The number of rotatable bonds is 7. The number of para-hydroxylation sites is 1. The second kappa shape index (κ2) is 9.39. The number of aryl methyl sites for hydroxylation is 1. The van der Waals surface area contributed by atoms with Crippen molar-refractivity contribution in [2.24, 2.45) is 0 Å². The molecule has 1 atom stereocenters. The van der Waals surface area contributed by atoms with Gasteiger partial charge in [0.2, 0.25) is 0 Å². The Hall–Kier alpha value is -3.33. The minimum absolute atomic E-state index is 0.157. The minimum Gasteiger partial charge on any atom is -0.494 e. The lowest BCUT2D eigenvalue weighted by molar-refractivity contribution is -0.117. The van der Waals surface area contributed by atoms with E-state index in [1.807, 2.05) is 45.0 Å². The smallest absolute Gasteiger partial charge is 0.263 e. The molecule has 0 aliphatic heterocycles. The lowest BCUT2D eigenvalue weighted by Crippen LogP contribution is -2.28. The lowest BCUT2D eigenvalue weighted by atomic mass is 10.0. The molecule has 0 aliphatic rings. The maximum Gasteiger partial charge on any atom is 0.263 e. The molecule has 5 nitrogen and oxygen atoms in total. The van der Waals surface area contributed by atoms with Crippen LogP contribution in [0.4, 0.5) is 10.1 Å². The predicted molar refractivity (Wildman–Crippen MR) is 103 cm³/mol. The summed E-state index contributed by atoms with van der Waals surface area (Å²) in [6, 6.07) is 13.2. The van der Waals surface area contributed by atoms with Gasteiger partial charge in [-0.2, -0.15) is 5.26 Å². The van der Waals surface area contributed by atoms with Crippen molar-refractivity contribution in [3.8, 4) is 11.8 Å². The van der Waals surface area contributed by atoms with Crippen LogP contribution in [-0.4, -0.2) is 12.5 Å². The van der Waals surface area contributed by atoms with E-state index in [0.717, 1.165) is 11.1 Å². The summed E-state index contributed by atoms with van der Waals surface area (Å²) in [7, 11) is 0. The van der Waals surface area contributed by atoms with E-state index in [-0.39, 0.29) is 17.3 Å². The van der Waals surface area contributed by atoms with Gasteiger partial charge < -0.3 is 15.4 Å². The molecule has 2 N–H and O–H groups in total. The molecular weight excluding hydrogens is 345 g/mol. The van der Waals surface area contributed by atoms with Crippen LogP contribution in [0, 0.1) is 24.1 Å². The summed E-state index contributed by atoms with van der Waals surface area (Å²) in [6.45, 7) is 6.16. The third-order valence-electron chi connectivity index (χ3n) is 3.89. The van der Waals surface area contributed by atoms with Crippen molar-refractivity contribution in [2.45, 2.75) is 26.8 Å². The van der Waals surface area contributed by atoms with Crippen LogP contribution >= 0.6 is 0 Å². The summed E-state index contributed by atoms with van der Waals surface area (Å²) in [6.07, 6.45) is 1.19. The first-order valence-electron chi connectivity index (χ1n) is 8.61. The average molecular weight is 367 g/mol. The number of hydrogen-bond acceptors (Lipinski definition) is 4. The van der Waals surface area contributed by atoms with Crippen LogP contribution in [0.2, 0.25) is 0 Å². The zero-order chi connectivity index (χ0) is 19.8. The summed E-state index contributed by atoms with van der Waals surface area (Å²) in [5, 5.41) is 14.7. The highest BCUT2D eigenvalue weighted by Gasteiger charge is 2.17. The zero-order valence-corrected chi connectivity index (χ0v) is 15.5. The molecule has 0 saturated heterocycles. The van der Waals surface area contributed by atoms with Gasteiger partial charge in [0.15, 0.2) is 0 Å². The summed E-state index contributed by atoms with van der Waals surface area (Å²) in [4.78, 5) is 12.4. The molecule has 0 spiro atoms. The van der Waals surface area contributed by atoms with Crippen molar-refractivity contribution < 1.29 is 13.9 Å². The first-order chi connectivity index (χ1) is 13.0. The molecule has 0 heterocycles. The normalized spacial score (nSPS) is 12.0. The zero-order valence-electron chi connectivity index (χ0n) is 15.5. The van der Waals surface area contributed by atoms with Gasteiger partial charge in [0, 0.05) is 11.8 Å². The number of nitriles is 1. The van der Waals surface area contributed by atoms with E-state index in [1.54, 1.807) is 12.1 Å². The van der Waals surface area contributed by atoms with Gasteiger partial charge in [-0.15, -0.1) is 0 Å². The summed E-state index contributed by atoms with van der Waals surface area (Å²) >= 11 is 0. The molecule has 0 radical (unpaired) electrons. The lowest BCUT2D eigenvalue weighted by Gasteiger charge is -2.18. The molecule has 27 heavy (non-hydrogen) atoms. The molecule has 0 saturated carbocycles. The van der Waals surface area contributed by atoms with Crippen molar-refractivity contribution in [1.29, 1.82) is 5.26 Å². The van der Waals surface area contributed by atoms with Gasteiger partial charge in [-0.3, -0.25) is 4.79 Å². The monoisotopic (exact) mass is 367 g/mol. The van der Waals surface area contributed by atoms with Gasteiger partial charge in [-0.25, -0.2) is 4.39 Å². The Balaban J connectivity index is 2.15. The quantitative estimate of drug-likeness (QED) is 0.567. The van der Waals surface area contributed by atoms with E-state index in [0.29, 0.717) is 12.4 Å². The van der Waals surface area contributed by atoms with Gasteiger partial charge in [-0.05, 0) is 39.0 Å². The van der Waals surface area contributed by atoms with E-state index in [9.17, 15) is 14.4 Å². The van der Waals surface area contributed by atoms with Crippen LogP contribution in [0.1, 0.15) is 31.0 Å². The van der Waals surface area contributed by atoms with Crippen LogP contribution in [0.25, 0.3) is 0 Å². The summed E-state index contributed by atoms with van der Waals surface area (Å²) < 4.78 is 19.3. The third-order valence-corrected chi connectivity index (χ3v) is 3.89. The maximum absolute atomic E-state index is 13.6. The van der Waals surface area contributed by atoms with E-state index in [1.165, 1.54) is 18.3 Å². The van der Waals surface area contributed by atoms with Gasteiger partial charge in [0.25, 0.3) is 5.91 Å². The number of nitrogens with zero attached hydrogens (tertiary/aromatic N) is 1. The Morgan fingerprint density at radius 2 is 2.07 bits per heavy atom. The van der Waals surface area contributed by atoms with Crippen LogP contribution in [-0.2, 0) is 4.79 Å². The number of halogens is 1. The molecule has 0 aliphatic carbocycles. The molecular formula is C21H22FN3O2. The van der Waals surface area contributed by atoms with Crippen LogP contribution in [0.15, 0.2) is 54.2 Å². The fourth-order valence-electron chi connectivity index (χ4n) is 2.52. The summed E-state index contributed by atoms with van der Waals surface area (Å²) in [5.74, 6) is -0.346. The maximum atomic E-state index is 13.6. The number of amides is 1. The highest BCUT2D eigenvalue weighted by atomic mass is 19.1. The van der Waals surface area contributed by atoms with Crippen molar-refractivity contribution in [3.05, 3.63) is 71.2 Å². The molecule has 140 valence electrons. The highest BCUT2D eigenvalue weighted by Crippen LogP contribution is 2.26. The molecule has 2 aromatic carbocycles. The number of carbonyl (C=O) groups excluding carboxylic acids is 1. The first kappa shape index (κ1) is 20.0. The molecule has 2 rings (SSSR count). The Morgan fingerprint density at radius 1 is 1.33 bits per heavy atom. The van der Waals surface area contributed by atoms with E-state index >= 15 is 0 Å². The van der Waals surface area contributed by atoms with Gasteiger partial charge in [0.05, 0.1) is 18.3 Å². The average Bonchev–Trinajstić information content (AvgIpc) is 2.65. The standard InChI is InChI=1S/C21H22FN3O2/c1-4-27-20-10-9-14(2)11-17(20)15(3)25-21(26)16(12-23)13-24-19-8-6-5-7-18(19)22/h5-11,13,15,24H,4H2,1-3H3,(H,25,26)/b16-13-. The molecule has 1 amide bonds. The first-order valence-corrected chi connectivity index (χ1v) is 8.61. The van der Waals surface area contributed by atoms with Crippen molar-refractivity contribution in [2.75, 3.05) is 11.9 Å². The van der Waals surface area contributed by atoms with E-state index in [2.05, 4.69) is 10.6 Å². The fourth-order valence-corrected chi connectivity index (χ4v) is 2.52.